The Bertz CT molecular complexity index is 983. The van der Waals surface area contributed by atoms with Crippen LogP contribution >= 0.6 is 0 Å². The molecule has 0 aliphatic carbocycles. The Hall–Kier alpha value is -2.69. The lowest BCUT2D eigenvalue weighted by Crippen LogP contribution is -2.45. The smallest absolute Gasteiger partial charge is 0.220 e. The number of carbonyl (C=O) groups excluding carboxylic acids is 1. The van der Waals surface area contributed by atoms with Crippen molar-refractivity contribution in [1.29, 1.82) is 0 Å². The van der Waals surface area contributed by atoms with Crippen molar-refractivity contribution in [2.24, 2.45) is 0 Å². The van der Waals surface area contributed by atoms with Gasteiger partial charge in [0.15, 0.2) is 0 Å². The normalized spacial score (nSPS) is 14.0. The summed E-state index contributed by atoms with van der Waals surface area (Å²) in [4.78, 5) is 12.4. The van der Waals surface area contributed by atoms with Gasteiger partial charge in [-0.25, -0.2) is 0 Å². The maximum absolute atomic E-state index is 12.4. The van der Waals surface area contributed by atoms with Crippen LogP contribution in [0.4, 0.5) is 0 Å². The second-order valence-electron chi connectivity index (χ2n) is 13.7. The SMILES string of the molecule is CC/C=C\C/C=C\C/C=C\C/C=C\C/C=C\C/C=C\C/C=C\CCCCCC(=O)NC(CO)C(O)/C=C/CCCCCCCCCCCCCC. The second kappa shape index (κ2) is 41.7. The van der Waals surface area contributed by atoms with Gasteiger partial charge in [0.1, 0.15) is 0 Å². The maximum Gasteiger partial charge on any atom is 0.220 e. The van der Waals surface area contributed by atoms with Crippen molar-refractivity contribution >= 4 is 5.91 Å². The van der Waals surface area contributed by atoms with Crippen molar-refractivity contribution < 1.29 is 15.0 Å². The van der Waals surface area contributed by atoms with E-state index in [2.05, 4.69) is 104 Å². The summed E-state index contributed by atoms with van der Waals surface area (Å²) in [6.07, 6.45) is 62.1. The van der Waals surface area contributed by atoms with Gasteiger partial charge in [0.2, 0.25) is 5.91 Å². The van der Waals surface area contributed by atoms with Gasteiger partial charge in [-0.1, -0.05) is 188 Å². The van der Waals surface area contributed by atoms with E-state index in [1.54, 1.807) is 6.08 Å². The minimum atomic E-state index is -0.859. The topological polar surface area (TPSA) is 69.6 Å². The fourth-order valence-corrected chi connectivity index (χ4v) is 5.63. The highest BCUT2D eigenvalue weighted by Gasteiger charge is 2.17. The second-order valence-corrected chi connectivity index (χ2v) is 13.7. The summed E-state index contributed by atoms with van der Waals surface area (Å²) >= 11 is 0. The Morgan fingerprint density at radius 2 is 0.863 bits per heavy atom. The van der Waals surface area contributed by atoms with Gasteiger partial charge < -0.3 is 15.5 Å². The molecule has 4 nitrogen and oxygen atoms in total. The lowest BCUT2D eigenvalue weighted by atomic mass is 10.0. The summed E-state index contributed by atoms with van der Waals surface area (Å²) in [5, 5.41) is 22.9. The fraction of sp³-hybridized carbons (Fsp3) is 0.638. The predicted molar refractivity (Wildman–Crippen MR) is 225 cm³/mol. The first-order valence-electron chi connectivity index (χ1n) is 21.0. The third-order valence-electron chi connectivity index (χ3n) is 8.82. The molecular formula is C47H79NO3. The molecule has 2 atom stereocenters. The zero-order chi connectivity index (χ0) is 37.1. The summed E-state index contributed by atoms with van der Waals surface area (Å²) in [6, 6.07) is -0.646. The van der Waals surface area contributed by atoms with Crippen LogP contribution in [-0.4, -0.2) is 34.9 Å². The van der Waals surface area contributed by atoms with Crippen molar-refractivity contribution in [3.05, 3.63) is 97.2 Å². The molecule has 2 unspecified atom stereocenters. The molecule has 0 saturated heterocycles. The van der Waals surface area contributed by atoms with Crippen LogP contribution in [0.3, 0.4) is 0 Å². The quantitative estimate of drug-likeness (QED) is 0.0449. The standard InChI is InChI=1S/C47H79NO3/c1-3-5-7-9-11-13-15-17-19-20-21-22-23-24-25-26-27-28-29-31-33-35-37-39-41-43-47(51)48-45(44-49)46(50)42-40-38-36-34-32-30-18-16-14-12-10-8-6-4-2/h5,7,11,13,17,19,21-22,24-25,27-28,31,33,40,42,45-46,49-50H,3-4,6,8-10,12,14-16,18,20,23,26,29-30,32,34-39,41,43-44H2,1-2H3,(H,48,51)/b7-5-,13-11-,19-17-,22-21-,25-24-,28-27-,33-31-,42-40+. The number of hydrogen-bond acceptors (Lipinski definition) is 3. The van der Waals surface area contributed by atoms with Crippen LogP contribution < -0.4 is 5.32 Å². The first kappa shape index (κ1) is 48.3. The van der Waals surface area contributed by atoms with Crippen molar-refractivity contribution in [2.75, 3.05) is 6.61 Å². The monoisotopic (exact) mass is 706 g/mol. The summed E-state index contributed by atoms with van der Waals surface area (Å²) in [5.74, 6) is -0.101. The molecule has 0 aromatic rings. The molecule has 1 amide bonds. The molecule has 0 aromatic heterocycles. The van der Waals surface area contributed by atoms with Crippen molar-refractivity contribution in [2.45, 2.75) is 187 Å². The maximum atomic E-state index is 12.4. The molecular weight excluding hydrogens is 627 g/mol. The molecule has 290 valence electrons. The number of unbranched alkanes of at least 4 members (excludes halogenated alkanes) is 15. The number of nitrogens with one attached hydrogen (secondary N) is 1. The lowest BCUT2D eigenvalue weighted by Gasteiger charge is -2.19. The zero-order valence-electron chi connectivity index (χ0n) is 33.1. The number of rotatable bonds is 36. The first-order valence-corrected chi connectivity index (χ1v) is 21.0. The minimum Gasteiger partial charge on any atom is -0.394 e. The minimum absolute atomic E-state index is 0.101. The van der Waals surface area contributed by atoms with Crippen LogP contribution in [-0.2, 0) is 4.79 Å². The van der Waals surface area contributed by atoms with E-state index in [0.717, 1.165) is 83.5 Å². The Kier molecular flexibility index (Phi) is 39.5. The number of hydrogen-bond donors (Lipinski definition) is 3. The number of allylic oxidation sites excluding steroid dienone is 15. The van der Waals surface area contributed by atoms with Crippen molar-refractivity contribution in [3.8, 4) is 0 Å². The summed E-state index contributed by atoms with van der Waals surface area (Å²) in [5.41, 5.74) is 0. The molecule has 51 heavy (non-hydrogen) atoms. The van der Waals surface area contributed by atoms with Gasteiger partial charge in [-0.15, -0.1) is 0 Å². The van der Waals surface area contributed by atoms with E-state index in [0.29, 0.717) is 6.42 Å². The van der Waals surface area contributed by atoms with Crippen LogP contribution in [0.15, 0.2) is 97.2 Å². The van der Waals surface area contributed by atoms with E-state index in [4.69, 9.17) is 0 Å². The molecule has 0 radical (unpaired) electrons. The number of aliphatic hydroxyl groups is 2. The first-order chi connectivity index (χ1) is 25.2. The van der Waals surface area contributed by atoms with E-state index in [1.807, 2.05) is 6.08 Å². The van der Waals surface area contributed by atoms with E-state index >= 15 is 0 Å². The zero-order valence-corrected chi connectivity index (χ0v) is 33.1. The Morgan fingerprint density at radius 1 is 0.490 bits per heavy atom. The largest absolute Gasteiger partial charge is 0.394 e. The van der Waals surface area contributed by atoms with Gasteiger partial charge in [-0.2, -0.15) is 0 Å². The van der Waals surface area contributed by atoms with Gasteiger partial charge >= 0.3 is 0 Å². The van der Waals surface area contributed by atoms with Crippen molar-refractivity contribution in [3.63, 3.8) is 0 Å². The summed E-state index contributed by atoms with van der Waals surface area (Å²) in [6.45, 7) is 4.16. The predicted octanol–water partition coefficient (Wildman–Crippen LogP) is 13.1. The third kappa shape index (κ3) is 38.4. The van der Waals surface area contributed by atoms with E-state index in [-0.39, 0.29) is 12.5 Å². The molecule has 0 saturated carbocycles. The van der Waals surface area contributed by atoms with Gasteiger partial charge in [-0.3, -0.25) is 4.79 Å². The van der Waals surface area contributed by atoms with Gasteiger partial charge in [-0.05, 0) is 77.0 Å². The molecule has 0 bridgehead atoms. The Balaban J connectivity index is 3.74. The van der Waals surface area contributed by atoms with Gasteiger partial charge in [0.05, 0.1) is 18.8 Å². The van der Waals surface area contributed by atoms with E-state index < -0.39 is 12.1 Å². The highest BCUT2D eigenvalue weighted by Crippen LogP contribution is 2.13. The average molecular weight is 706 g/mol. The number of aliphatic hydroxyl groups excluding tert-OH is 2. The van der Waals surface area contributed by atoms with Crippen LogP contribution in [0, 0.1) is 0 Å². The third-order valence-corrected chi connectivity index (χ3v) is 8.82. The van der Waals surface area contributed by atoms with Crippen molar-refractivity contribution in [1.82, 2.24) is 5.32 Å². The van der Waals surface area contributed by atoms with Crippen LogP contribution in [0.25, 0.3) is 0 Å². The molecule has 4 heteroatoms. The molecule has 0 rings (SSSR count). The molecule has 0 fully saturated rings. The van der Waals surface area contributed by atoms with Gasteiger partial charge in [0, 0.05) is 6.42 Å². The number of amides is 1. The molecule has 3 N–H and O–H groups in total. The van der Waals surface area contributed by atoms with E-state index in [1.165, 1.54) is 70.6 Å². The molecule has 0 aromatic carbocycles. The lowest BCUT2D eigenvalue weighted by molar-refractivity contribution is -0.123. The van der Waals surface area contributed by atoms with Crippen LogP contribution in [0.2, 0.25) is 0 Å². The molecule has 0 heterocycles. The van der Waals surface area contributed by atoms with Crippen LogP contribution in [0.5, 0.6) is 0 Å². The summed E-state index contributed by atoms with van der Waals surface area (Å²) < 4.78 is 0. The Labute approximate surface area is 315 Å². The highest BCUT2D eigenvalue weighted by atomic mass is 16.3. The van der Waals surface area contributed by atoms with E-state index in [9.17, 15) is 15.0 Å². The Morgan fingerprint density at radius 3 is 1.29 bits per heavy atom. The molecule has 0 spiro atoms. The molecule has 0 aliphatic heterocycles. The van der Waals surface area contributed by atoms with Gasteiger partial charge in [0.25, 0.3) is 0 Å². The number of carbonyl (C=O) groups is 1. The average Bonchev–Trinajstić information content (AvgIpc) is 3.13. The highest BCUT2D eigenvalue weighted by molar-refractivity contribution is 5.76. The summed E-state index contributed by atoms with van der Waals surface area (Å²) in [7, 11) is 0. The fourth-order valence-electron chi connectivity index (χ4n) is 5.63. The molecule has 0 aliphatic rings. The van der Waals surface area contributed by atoms with Crippen LogP contribution in [0.1, 0.15) is 174 Å².